The van der Waals surface area contributed by atoms with E-state index in [0.29, 0.717) is 5.92 Å². The van der Waals surface area contributed by atoms with Crippen molar-refractivity contribution in [3.63, 3.8) is 0 Å². The second-order valence-electron chi connectivity index (χ2n) is 4.54. The molecule has 2 rings (SSSR count). The first-order valence-corrected chi connectivity index (χ1v) is 7.73. The fraction of sp³-hybridized carbons (Fsp3) is 0.267. The van der Waals surface area contributed by atoms with E-state index in [1.54, 1.807) is 0 Å². The highest BCUT2D eigenvalue weighted by Gasteiger charge is 2.19. The Labute approximate surface area is 130 Å². The number of likely N-dealkylation sites (N-methyl/N-ethyl adjacent to an activating group) is 1. The van der Waals surface area contributed by atoms with Gasteiger partial charge in [-0.15, -0.1) is 0 Å². The molecule has 2 nitrogen and oxygen atoms in total. The van der Waals surface area contributed by atoms with E-state index in [-0.39, 0.29) is 6.04 Å². The minimum Gasteiger partial charge on any atom is -0.312 e. The first kappa shape index (κ1) is 14.7. The first-order chi connectivity index (χ1) is 9.11. The van der Waals surface area contributed by atoms with Crippen LogP contribution in [0.4, 0.5) is 0 Å². The second kappa shape index (κ2) is 6.64. The van der Waals surface area contributed by atoms with Crippen LogP contribution in [0.2, 0.25) is 0 Å². The molecule has 1 aromatic heterocycles. The number of halogens is 2. The quantitative estimate of drug-likeness (QED) is 0.829. The van der Waals surface area contributed by atoms with Crippen molar-refractivity contribution in [3.8, 4) is 0 Å². The SMILES string of the molecule is CNC(c1cc(Br)cc(Br)c1)C(C)c1ccncc1. The summed E-state index contributed by atoms with van der Waals surface area (Å²) in [4.78, 5) is 4.08. The molecule has 0 aliphatic heterocycles. The molecule has 0 radical (unpaired) electrons. The molecule has 100 valence electrons. The molecule has 1 N–H and O–H groups in total. The van der Waals surface area contributed by atoms with Crippen molar-refractivity contribution in [1.29, 1.82) is 0 Å². The van der Waals surface area contributed by atoms with Crippen molar-refractivity contribution in [2.75, 3.05) is 7.05 Å². The van der Waals surface area contributed by atoms with E-state index in [4.69, 9.17) is 0 Å². The molecule has 2 aromatic rings. The molecule has 0 bridgehead atoms. The van der Waals surface area contributed by atoms with Crippen molar-refractivity contribution in [2.45, 2.75) is 18.9 Å². The molecule has 0 spiro atoms. The van der Waals surface area contributed by atoms with E-state index < -0.39 is 0 Å². The van der Waals surface area contributed by atoms with Crippen LogP contribution in [0.1, 0.15) is 30.0 Å². The number of hydrogen-bond acceptors (Lipinski definition) is 2. The lowest BCUT2D eigenvalue weighted by molar-refractivity contribution is 0.507. The van der Waals surface area contributed by atoms with Crippen molar-refractivity contribution >= 4 is 31.9 Å². The highest BCUT2D eigenvalue weighted by atomic mass is 79.9. The predicted octanol–water partition coefficient (Wildman–Crippen LogP) is 4.67. The third kappa shape index (κ3) is 3.65. The molecule has 1 heterocycles. The van der Waals surface area contributed by atoms with Gasteiger partial charge in [0.25, 0.3) is 0 Å². The van der Waals surface area contributed by atoms with Gasteiger partial charge < -0.3 is 5.32 Å². The Morgan fingerprint density at radius 1 is 1.00 bits per heavy atom. The zero-order valence-corrected chi connectivity index (χ0v) is 14.1. The molecule has 0 amide bonds. The maximum Gasteiger partial charge on any atom is 0.0385 e. The summed E-state index contributed by atoms with van der Waals surface area (Å²) in [6, 6.07) is 10.8. The van der Waals surface area contributed by atoms with Crippen molar-refractivity contribution in [1.82, 2.24) is 10.3 Å². The van der Waals surface area contributed by atoms with Crippen LogP contribution in [-0.4, -0.2) is 12.0 Å². The third-order valence-corrected chi connectivity index (χ3v) is 4.20. The number of hydrogen-bond donors (Lipinski definition) is 1. The summed E-state index contributed by atoms with van der Waals surface area (Å²) in [5.74, 6) is 0.370. The zero-order chi connectivity index (χ0) is 13.8. The van der Waals surface area contributed by atoms with Gasteiger partial charge in [0.2, 0.25) is 0 Å². The topological polar surface area (TPSA) is 24.9 Å². The number of benzene rings is 1. The highest BCUT2D eigenvalue weighted by Crippen LogP contribution is 2.33. The van der Waals surface area contributed by atoms with Gasteiger partial charge in [0.05, 0.1) is 0 Å². The molecule has 1 aromatic carbocycles. The number of nitrogens with zero attached hydrogens (tertiary/aromatic N) is 1. The summed E-state index contributed by atoms with van der Waals surface area (Å²) in [5, 5.41) is 3.41. The van der Waals surface area contributed by atoms with Crippen LogP contribution in [0.5, 0.6) is 0 Å². The minimum absolute atomic E-state index is 0.260. The largest absolute Gasteiger partial charge is 0.312 e. The van der Waals surface area contributed by atoms with Crippen LogP contribution in [0, 0.1) is 0 Å². The van der Waals surface area contributed by atoms with E-state index in [1.807, 2.05) is 25.5 Å². The Hall–Kier alpha value is -0.710. The lowest BCUT2D eigenvalue weighted by Crippen LogP contribution is -2.22. The van der Waals surface area contributed by atoms with Crippen LogP contribution >= 0.6 is 31.9 Å². The van der Waals surface area contributed by atoms with Gasteiger partial charge in [-0.1, -0.05) is 38.8 Å². The van der Waals surface area contributed by atoms with E-state index >= 15 is 0 Å². The maximum atomic E-state index is 4.08. The molecule has 0 aliphatic carbocycles. The summed E-state index contributed by atoms with van der Waals surface area (Å²) in [6.45, 7) is 2.23. The Bertz CT molecular complexity index is 523. The van der Waals surface area contributed by atoms with Crippen molar-refractivity contribution in [2.24, 2.45) is 0 Å². The molecule has 2 atom stereocenters. The monoisotopic (exact) mass is 382 g/mol. The summed E-state index contributed by atoms with van der Waals surface area (Å²) in [6.07, 6.45) is 3.69. The summed E-state index contributed by atoms with van der Waals surface area (Å²) < 4.78 is 2.16. The fourth-order valence-corrected chi connectivity index (χ4v) is 3.65. The Morgan fingerprint density at radius 2 is 1.58 bits per heavy atom. The normalized spacial score (nSPS) is 14.1. The highest BCUT2D eigenvalue weighted by molar-refractivity contribution is 9.11. The number of nitrogens with one attached hydrogen (secondary N) is 1. The fourth-order valence-electron chi connectivity index (χ4n) is 2.32. The predicted molar refractivity (Wildman–Crippen MR) is 86.3 cm³/mol. The second-order valence-corrected chi connectivity index (χ2v) is 6.37. The van der Waals surface area contributed by atoms with Crippen molar-refractivity contribution in [3.05, 3.63) is 62.8 Å². The number of aromatic nitrogens is 1. The van der Waals surface area contributed by atoms with Crippen LogP contribution in [0.25, 0.3) is 0 Å². The van der Waals surface area contributed by atoms with Crippen LogP contribution in [0.15, 0.2) is 51.7 Å². The van der Waals surface area contributed by atoms with Crippen LogP contribution in [0.3, 0.4) is 0 Å². The number of pyridine rings is 1. The summed E-state index contributed by atoms with van der Waals surface area (Å²) >= 11 is 7.10. The van der Waals surface area contributed by atoms with Gasteiger partial charge in [-0.2, -0.15) is 0 Å². The van der Waals surface area contributed by atoms with E-state index in [9.17, 15) is 0 Å². The van der Waals surface area contributed by atoms with E-state index in [2.05, 4.69) is 73.3 Å². The molecule has 4 heteroatoms. The molecule has 0 saturated carbocycles. The summed E-state index contributed by atoms with van der Waals surface area (Å²) in [7, 11) is 2.00. The van der Waals surface area contributed by atoms with Gasteiger partial charge in [-0.05, 0) is 48.5 Å². The van der Waals surface area contributed by atoms with Gasteiger partial charge in [-0.25, -0.2) is 0 Å². The van der Waals surface area contributed by atoms with Gasteiger partial charge in [-0.3, -0.25) is 4.98 Å². The average Bonchev–Trinajstić information content (AvgIpc) is 2.39. The molecular formula is C15H16Br2N2. The van der Waals surface area contributed by atoms with Gasteiger partial charge in [0, 0.05) is 33.3 Å². The first-order valence-electron chi connectivity index (χ1n) is 6.15. The van der Waals surface area contributed by atoms with Gasteiger partial charge in [0.1, 0.15) is 0 Å². The Morgan fingerprint density at radius 3 is 2.11 bits per heavy atom. The lowest BCUT2D eigenvalue weighted by atomic mass is 9.89. The maximum absolute atomic E-state index is 4.08. The van der Waals surface area contributed by atoms with Gasteiger partial charge >= 0.3 is 0 Å². The average molecular weight is 384 g/mol. The van der Waals surface area contributed by atoms with Crippen LogP contribution in [-0.2, 0) is 0 Å². The summed E-state index contributed by atoms with van der Waals surface area (Å²) in [5.41, 5.74) is 2.54. The Kier molecular flexibility index (Phi) is 5.13. The molecule has 19 heavy (non-hydrogen) atoms. The Balaban J connectivity index is 2.34. The molecule has 0 aliphatic rings. The molecule has 0 fully saturated rings. The van der Waals surface area contributed by atoms with Gasteiger partial charge in [0.15, 0.2) is 0 Å². The number of rotatable bonds is 4. The third-order valence-electron chi connectivity index (χ3n) is 3.29. The van der Waals surface area contributed by atoms with Crippen LogP contribution < -0.4 is 5.32 Å². The molecule has 2 unspecified atom stereocenters. The standard InChI is InChI=1S/C15H16Br2N2/c1-10(11-3-5-19-6-4-11)15(18-2)12-7-13(16)9-14(17)8-12/h3-10,15,18H,1-2H3. The zero-order valence-electron chi connectivity index (χ0n) is 10.9. The molecule has 0 saturated heterocycles. The smallest absolute Gasteiger partial charge is 0.0385 e. The van der Waals surface area contributed by atoms with Crippen molar-refractivity contribution < 1.29 is 0 Å². The van der Waals surface area contributed by atoms with E-state index in [0.717, 1.165) is 8.95 Å². The van der Waals surface area contributed by atoms with E-state index in [1.165, 1.54) is 11.1 Å². The molecular weight excluding hydrogens is 368 g/mol. The lowest BCUT2D eigenvalue weighted by Gasteiger charge is -2.25. The minimum atomic E-state index is 0.260.